The molecule has 0 aliphatic rings. The van der Waals surface area contributed by atoms with Gasteiger partial charge in [-0.25, -0.2) is 0 Å². The van der Waals surface area contributed by atoms with Crippen LogP contribution in [0, 0.1) is 0 Å². The first-order valence-electron chi connectivity index (χ1n) is 21.6. The third-order valence-corrected chi connectivity index (χ3v) is 9.65. The molecule has 6 aromatic carbocycles. The van der Waals surface area contributed by atoms with E-state index in [9.17, 15) is 0 Å². The van der Waals surface area contributed by atoms with Gasteiger partial charge in [-0.05, 0) is 45.5 Å². The third kappa shape index (κ3) is 17.5. The van der Waals surface area contributed by atoms with Crippen LogP contribution >= 0.6 is 0 Å². The molecule has 0 bridgehead atoms. The third-order valence-electron chi connectivity index (χ3n) is 9.65. The second kappa shape index (κ2) is 28.3. The van der Waals surface area contributed by atoms with E-state index >= 15 is 0 Å². The molecule has 0 saturated heterocycles. The van der Waals surface area contributed by atoms with Gasteiger partial charge in [0.05, 0.1) is 66.1 Å². The average Bonchev–Trinajstić information content (AvgIpc) is 3.34. The van der Waals surface area contributed by atoms with Crippen molar-refractivity contribution in [3.63, 3.8) is 0 Å². The van der Waals surface area contributed by atoms with Crippen molar-refractivity contribution in [3.8, 4) is 11.5 Å². The monoisotopic (exact) mass is 842 g/mol. The Labute approximate surface area is 373 Å². The second-order valence-electron chi connectivity index (χ2n) is 14.3. The molecule has 0 heterocycles. The summed E-state index contributed by atoms with van der Waals surface area (Å²) in [7, 11) is 0. The summed E-state index contributed by atoms with van der Waals surface area (Å²) in [6.07, 6.45) is 16.9. The van der Waals surface area contributed by atoms with E-state index in [4.69, 9.17) is 33.2 Å². The zero-order valence-electron chi connectivity index (χ0n) is 36.0. The molecule has 0 aromatic heterocycles. The lowest BCUT2D eigenvalue weighted by molar-refractivity contribution is -0.0141. The van der Waals surface area contributed by atoms with Crippen LogP contribution in [0.2, 0.25) is 0 Å². The predicted octanol–water partition coefficient (Wildman–Crippen LogP) is 11.9. The molecule has 7 nitrogen and oxygen atoms in total. The number of ether oxygens (including phenoxy) is 7. The van der Waals surface area contributed by atoms with Crippen molar-refractivity contribution in [2.45, 2.75) is 0 Å². The van der Waals surface area contributed by atoms with E-state index in [0.717, 1.165) is 56.0 Å². The zero-order chi connectivity index (χ0) is 43.3. The Hall–Kier alpha value is -6.32. The van der Waals surface area contributed by atoms with Crippen LogP contribution in [0.15, 0.2) is 158 Å². The maximum Gasteiger partial charge on any atom is 0.127 e. The van der Waals surface area contributed by atoms with Crippen molar-refractivity contribution in [3.05, 3.63) is 202 Å². The summed E-state index contributed by atoms with van der Waals surface area (Å²) >= 11 is 0. The Morgan fingerprint density at radius 1 is 0.238 bits per heavy atom. The standard InChI is InChI=1S/C56H58O7/c1-5-15-47(16-6-1)27-31-51-23-13-25-55(53(51)33-29-49-19-9-3-10-20-49)62-45-43-60-41-39-58-37-35-57-36-38-59-40-42-61-44-46-63-56-26-14-24-52(32-28-48-17-7-2-8-18-48)54(56)34-30-50-21-11-4-12-22-50/h1-34H,35-46H2. The number of benzene rings is 6. The lowest BCUT2D eigenvalue weighted by Gasteiger charge is -2.13. The summed E-state index contributed by atoms with van der Waals surface area (Å²) in [5.74, 6) is 1.62. The molecule has 0 aliphatic carbocycles. The maximum absolute atomic E-state index is 6.20. The molecule has 0 N–H and O–H groups in total. The van der Waals surface area contributed by atoms with Crippen molar-refractivity contribution in [2.24, 2.45) is 0 Å². The lowest BCUT2D eigenvalue weighted by Crippen LogP contribution is -2.15. The molecule has 0 amide bonds. The molecule has 0 aliphatic heterocycles. The first-order chi connectivity index (χ1) is 31.3. The number of rotatable bonds is 28. The fourth-order valence-corrected chi connectivity index (χ4v) is 6.41. The van der Waals surface area contributed by atoms with Gasteiger partial charge in [-0.3, -0.25) is 0 Å². The van der Waals surface area contributed by atoms with Gasteiger partial charge in [0.2, 0.25) is 0 Å². The van der Waals surface area contributed by atoms with Gasteiger partial charge in [0.25, 0.3) is 0 Å². The summed E-state index contributed by atoms with van der Waals surface area (Å²) in [5, 5.41) is 0. The van der Waals surface area contributed by atoms with Gasteiger partial charge in [0.15, 0.2) is 0 Å². The first-order valence-corrected chi connectivity index (χ1v) is 21.6. The van der Waals surface area contributed by atoms with Crippen LogP contribution in [0.3, 0.4) is 0 Å². The number of hydrogen-bond donors (Lipinski definition) is 0. The van der Waals surface area contributed by atoms with Crippen LogP contribution in [0.1, 0.15) is 44.5 Å². The Morgan fingerprint density at radius 2 is 0.508 bits per heavy atom. The molecule has 0 unspecified atom stereocenters. The van der Waals surface area contributed by atoms with Crippen LogP contribution in [0.25, 0.3) is 48.6 Å². The van der Waals surface area contributed by atoms with E-state index in [-0.39, 0.29) is 0 Å². The van der Waals surface area contributed by atoms with Gasteiger partial charge in [-0.2, -0.15) is 0 Å². The van der Waals surface area contributed by atoms with Crippen LogP contribution in [-0.2, 0) is 23.7 Å². The summed E-state index contributed by atoms with van der Waals surface area (Å²) in [4.78, 5) is 0. The minimum atomic E-state index is 0.427. The molecular weight excluding hydrogens is 785 g/mol. The fourth-order valence-electron chi connectivity index (χ4n) is 6.41. The molecule has 0 radical (unpaired) electrons. The van der Waals surface area contributed by atoms with E-state index in [1.165, 1.54) is 0 Å². The Bertz CT molecular complexity index is 2110. The van der Waals surface area contributed by atoms with Crippen molar-refractivity contribution >= 4 is 48.6 Å². The molecule has 7 heteroatoms. The molecule has 6 aromatic rings. The molecule has 0 atom stereocenters. The Morgan fingerprint density at radius 3 is 0.810 bits per heavy atom. The van der Waals surface area contributed by atoms with E-state index in [0.29, 0.717) is 79.3 Å². The van der Waals surface area contributed by atoms with Crippen molar-refractivity contribution in [2.75, 3.05) is 79.3 Å². The lowest BCUT2D eigenvalue weighted by atomic mass is 10.0. The van der Waals surface area contributed by atoms with Crippen LogP contribution < -0.4 is 9.47 Å². The molecule has 324 valence electrons. The first kappa shape index (κ1) is 46.2. The van der Waals surface area contributed by atoms with Crippen LogP contribution in [-0.4, -0.2) is 79.3 Å². The highest BCUT2D eigenvalue weighted by Crippen LogP contribution is 2.28. The van der Waals surface area contributed by atoms with Gasteiger partial charge < -0.3 is 33.2 Å². The van der Waals surface area contributed by atoms with Crippen LogP contribution in [0.5, 0.6) is 11.5 Å². The normalized spacial score (nSPS) is 11.7. The maximum atomic E-state index is 6.20. The Kier molecular flexibility index (Phi) is 20.8. The van der Waals surface area contributed by atoms with E-state index < -0.39 is 0 Å². The molecule has 6 rings (SSSR count). The molecule has 0 spiro atoms. The number of hydrogen-bond acceptors (Lipinski definition) is 7. The largest absolute Gasteiger partial charge is 0.491 e. The van der Waals surface area contributed by atoms with Crippen molar-refractivity contribution < 1.29 is 33.2 Å². The molecular formula is C56H58O7. The van der Waals surface area contributed by atoms with Crippen LogP contribution in [0.4, 0.5) is 0 Å². The van der Waals surface area contributed by atoms with E-state index in [2.05, 4.69) is 109 Å². The fraction of sp³-hybridized carbons (Fsp3) is 0.214. The second-order valence-corrected chi connectivity index (χ2v) is 14.3. The molecule has 0 saturated carbocycles. The smallest absolute Gasteiger partial charge is 0.127 e. The average molecular weight is 843 g/mol. The van der Waals surface area contributed by atoms with E-state index in [1.54, 1.807) is 0 Å². The minimum Gasteiger partial charge on any atom is -0.491 e. The Balaban J connectivity index is 0.797. The highest BCUT2D eigenvalue weighted by atomic mass is 16.6. The molecule has 63 heavy (non-hydrogen) atoms. The van der Waals surface area contributed by atoms with Crippen molar-refractivity contribution in [1.29, 1.82) is 0 Å². The highest BCUT2D eigenvalue weighted by Gasteiger charge is 2.08. The van der Waals surface area contributed by atoms with Gasteiger partial charge >= 0.3 is 0 Å². The van der Waals surface area contributed by atoms with Gasteiger partial charge in [-0.15, -0.1) is 0 Å². The van der Waals surface area contributed by atoms with Gasteiger partial charge in [-0.1, -0.05) is 194 Å². The minimum absolute atomic E-state index is 0.427. The van der Waals surface area contributed by atoms with Gasteiger partial charge in [0.1, 0.15) is 24.7 Å². The summed E-state index contributed by atoms with van der Waals surface area (Å²) < 4.78 is 41.0. The highest BCUT2D eigenvalue weighted by molar-refractivity contribution is 5.83. The topological polar surface area (TPSA) is 64.6 Å². The predicted molar refractivity (Wildman–Crippen MR) is 259 cm³/mol. The van der Waals surface area contributed by atoms with Gasteiger partial charge in [0, 0.05) is 11.1 Å². The SMILES string of the molecule is C(=Cc1cccc(OCCOCCOCCOCCOCCOCCOc2cccc(C=Cc3ccccc3)c2C=Cc2ccccc2)c1C=Cc1ccccc1)c1ccccc1. The molecule has 0 fully saturated rings. The van der Waals surface area contributed by atoms with E-state index in [1.807, 2.05) is 97.1 Å². The van der Waals surface area contributed by atoms with Crippen molar-refractivity contribution in [1.82, 2.24) is 0 Å². The summed E-state index contributed by atoms with van der Waals surface area (Å²) in [6.45, 7) is 5.62. The summed E-state index contributed by atoms with van der Waals surface area (Å²) in [5.41, 5.74) is 8.72. The quantitative estimate of drug-likeness (QED) is 0.0360. The zero-order valence-corrected chi connectivity index (χ0v) is 36.0. The summed E-state index contributed by atoms with van der Waals surface area (Å²) in [6, 6.07) is 53.3.